The van der Waals surface area contributed by atoms with E-state index in [0.29, 0.717) is 11.8 Å². The molecule has 6 atom stereocenters. The summed E-state index contributed by atoms with van der Waals surface area (Å²) in [6.07, 6.45) is 3.29. The predicted molar refractivity (Wildman–Crippen MR) is 92.4 cm³/mol. The maximum atomic E-state index is 11.0. The molecular formula is C20H35NO2. The summed E-state index contributed by atoms with van der Waals surface area (Å²) in [6, 6.07) is 2.44. The molecule has 0 aromatic carbocycles. The summed E-state index contributed by atoms with van der Waals surface area (Å²) < 4.78 is 6.22. The molecule has 3 nitrogen and oxygen atoms in total. The highest BCUT2D eigenvalue weighted by Gasteiger charge is 2.51. The number of hydrogen-bond acceptors (Lipinski definition) is 3. The number of fused-ring (bicyclic) bond motifs is 2. The molecule has 3 heteroatoms. The SMILES string of the molecule is CC(C)(C)CC(C)(C(O)OC1CC2CC(C#N)C1C2)C(C)(C)C. The van der Waals surface area contributed by atoms with E-state index in [1.165, 1.54) is 0 Å². The Morgan fingerprint density at radius 1 is 1.09 bits per heavy atom. The van der Waals surface area contributed by atoms with E-state index in [1.807, 2.05) is 0 Å². The normalized spacial score (nSPS) is 34.9. The molecule has 0 saturated heterocycles. The number of ether oxygens (including phenoxy) is 1. The molecule has 2 aliphatic carbocycles. The maximum absolute atomic E-state index is 11.0. The fraction of sp³-hybridized carbons (Fsp3) is 0.950. The summed E-state index contributed by atoms with van der Waals surface area (Å²) in [5, 5.41) is 20.3. The van der Waals surface area contributed by atoms with Gasteiger partial charge in [-0.15, -0.1) is 0 Å². The molecule has 0 radical (unpaired) electrons. The third-order valence-corrected chi connectivity index (χ3v) is 6.38. The van der Waals surface area contributed by atoms with Gasteiger partial charge in [-0.1, -0.05) is 48.5 Å². The second-order valence-corrected chi connectivity index (χ2v) is 10.4. The van der Waals surface area contributed by atoms with Crippen molar-refractivity contribution >= 4 is 0 Å². The third-order valence-electron chi connectivity index (χ3n) is 6.38. The van der Waals surface area contributed by atoms with Crippen LogP contribution in [0.3, 0.4) is 0 Å². The Morgan fingerprint density at radius 2 is 1.70 bits per heavy atom. The van der Waals surface area contributed by atoms with E-state index >= 15 is 0 Å². The maximum Gasteiger partial charge on any atom is 0.160 e. The van der Waals surface area contributed by atoms with Crippen molar-refractivity contribution in [2.24, 2.45) is 34.0 Å². The van der Waals surface area contributed by atoms with Gasteiger partial charge in [0, 0.05) is 11.3 Å². The van der Waals surface area contributed by atoms with Crippen molar-refractivity contribution in [2.45, 2.75) is 86.5 Å². The van der Waals surface area contributed by atoms with Crippen molar-refractivity contribution in [3.63, 3.8) is 0 Å². The number of rotatable bonds is 4. The third kappa shape index (κ3) is 3.74. The van der Waals surface area contributed by atoms with Crippen molar-refractivity contribution < 1.29 is 9.84 Å². The van der Waals surface area contributed by atoms with Gasteiger partial charge in [0.25, 0.3) is 0 Å². The van der Waals surface area contributed by atoms with Crippen LogP contribution in [0.1, 0.15) is 74.1 Å². The van der Waals surface area contributed by atoms with E-state index in [4.69, 9.17) is 4.74 Å². The highest BCUT2D eigenvalue weighted by molar-refractivity contribution is 5.05. The fourth-order valence-corrected chi connectivity index (χ4v) is 4.73. The monoisotopic (exact) mass is 321 g/mol. The average Bonchev–Trinajstić information content (AvgIpc) is 2.94. The van der Waals surface area contributed by atoms with Crippen LogP contribution in [0.15, 0.2) is 0 Å². The van der Waals surface area contributed by atoms with Gasteiger partial charge in [0.15, 0.2) is 6.29 Å². The highest BCUT2D eigenvalue weighted by atomic mass is 16.6. The number of aliphatic hydroxyl groups excluding tert-OH is 1. The number of hydrogen-bond donors (Lipinski definition) is 1. The lowest BCUT2D eigenvalue weighted by molar-refractivity contribution is -0.240. The van der Waals surface area contributed by atoms with Crippen LogP contribution in [0.2, 0.25) is 0 Å². The molecule has 0 heterocycles. The van der Waals surface area contributed by atoms with Gasteiger partial charge < -0.3 is 9.84 Å². The Morgan fingerprint density at radius 3 is 2.13 bits per heavy atom. The zero-order valence-electron chi connectivity index (χ0n) is 16.0. The summed E-state index contributed by atoms with van der Waals surface area (Å²) in [4.78, 5) is 0. The molecule has 1 N–H and O–H groups in total. The van der Waals surface area contributed by atoms with Crippen LogP contribution in [0.4, 0.5) is 0 Å². The minimum absolute atomic E-state index is 0.0510. The summed E-state index contributed by atoms with van der Waals surface area (Å²) in [5.74, 6) is 1.05. The van der Waals surface area contributed by atoms with Gasteiger partial charge in [0.2, 0.25) is 0 Å². The Labute approximate surface area is 142 Å². The first kappa shape index (κ1) is 18.7. The molecule has 0 aromatic rings. The summed E-state index contributed by atoms with van der Waals surface area (Å²) in [5.41, 5.74) is -0.266. The zero-order valence-corrected chi connectivity index (χ0v) is 16.0. The molecule has 0 aliphatic heterocycles. The van der Waals surface area contributed by atoms with Gasteiger partial charge in [0.1, 0.15) is 0 Å². The molecule has 2 aliphatic rings. The van der Waals surface area contributed by atoms with E-state index in [-0.39, 0.29) is 28.3 Å². The molecule has 2 rings (SSSR count). The van der Waals surface area contributed by atoms with Crippen LogP contribution in [-0.2, 0) is 4.74 Å². The molecule has 6 unspecified atom stereocenters. The van der Waals surface area contributed by atoms with Gasteiger partial charge in [-0.25, -0.2) is 0 Å². The van der Waals surface area contributed by atoms with E-state index in [2.05, 4.69) is 54.5 Å². The Balaban J connectivity index is 2.13. The average molecular weight is 322 g/mol. The molecule has 0 amide bonds. The van der Waals surface area contributed by atoms with Crippen molar-refractivity contribution in [1.29, 1.82) is 5.26 Å². The quantitative estimate of drug-likeness (QED) is 0.760. The number of nitrogens with zero attached hydrogens (tertiary/aromatic N) is 1. The summed E-state index contributed by atoms with van der Waals surface area (Å²) >= 11 is 0. The van der Waals surface area contributed by atoms with Gasteiger partial charge in [-0.3, -0.25) is 0 Å². The molecular weight excluding hydrogens is 286 g/mol. The molecule has 23 heavy (non-hydrogen) atoms. The Kier molecular flexibility index (Phi) is 4.93. The Bertz CT molecular complexity index is 468. The van der Waals surface area contributed by atoms with Crippen LogP contribution in [0.25, 0.3) is 0 Å². The Hall–Kier alpha value is -0.590. The molecule has 132 valence electrons. The first-order chi connectivity index (χ1) is 10.4. The summed E-state index contributed by atoms with van der Waals surface area (Å²) in [6.45, 7) is 15.4. The molecule has 2 bridgehead atoms. The van der Waals surface area contributed by atoms with E-state index in [9.17, 15) is 10.4 Å². The largest absolute Gasteiger partial charge is 0.367 e. The van der Waals surface area contributed by atoms with E-state index < -0.39 is 6.29 Å². The molecule has 0 aromatic heterocycles. The van der Waals surface area contributed by atoms with Crippen LogP contribution in [0.5, 0.6) is 0 Å². The van der Waals surface area contributed by atoms with E-state index in [1.54, 1.807) is 0 Å². The minimum Gasteiger partial charge on any atom is -0.367 e. The first-order valence-electron chi connectivity index (χ1n) is 9.10. The highest BCUT2D eigenvalue weighted by Crippen LogP contribution is 2.53. The van der Waals surface area contributed by atoms with Gasteiger partial charge in [-0.2, -0.15) is 5.26 Å². The van der Waals surface area contributed by atoms with Gasteiger partial charge >= 0.3 is 0 Å². The first-order valence-corrected chi connectivity index (χ1v) is 9.10. The van der Waals surface area contributed by atoms with Gasteiger partial charge in [-0.05, 0) is 42.4 Å². The predicted octanol–water partition coefficient (Wildman–Crippen LogP) is 4.75. The topological polar surface area (TPSA) is 53.2 Å². The van der Waals surface area contributed by atoms with Crippen molar-refractivity contribution in [3.05, 3.63) is 0 Å². The lowest BCUT2D eigenvalue weighted by atomic mass is 9.61. The standard InChI is InChI=1S/C20H35NO2/c1-18(2,3)12-20(7,19(4,5)6)17(22)23-16-10-13-8-14(11-21)15(16)9-13/h13-17,22H,8-10,12H2,1-7H3. The molecule has 2 saturated carbocycles. The lowest BCUT2D eigenvalue weighted by Gasteiger charge is -2.49. The van der Waals surface area contributed by atoms with Crippen LogP contribution in [0, 0.1) is 45.3 Å². The smallest absolute Gasteiger partial charge is 0.160 e. The fourth-order valence-electron chi connectivity index (χ4n) is 4.73. The zero-order chi connectivity index (χ0) is 17.6. The lowest BCUT2D eigenvalue weighted by Crippen LogP contribution is -2.49. The minimum atomic E-state index is -0.787. The van der Waals surface area contributed by atoms with Crippen molar-refractivity contribution in [2.75, 3.05) is 0 Å². The second kappa shape index (κ2) is 6.05. The van der Waals surface area contributed by atoms with Crippen molar-refractivity contribution in [1.82, 2.24) is 0 Å². The van der Waals surface area contributed by atoms with Crippen LogP contribution >= 0.6 is 0 Å². The van der Waals surface area contributed by atoms with E-state index in [0.717, 1.165) is 25.7 Å². The van der Waals surface area contributed by atoms with Crippen LogP contribution in [-0.4, -0.2) is 17.5 Å². The number of nitriles is 1. The molecule has 2 fully saturated rings. The number of aliphatic hydroxyl groups is 1. The van der Waals surface area contributed by atoms with Crippen LogP contribution < -0.4 is 0 Å². The summed E-state index contributed by atoms with van der Waals surface area (Å²) in [7, 11) is 0. The second-order valence-electron chi connectivity index (χ2n) is 10.4. The van der Waals surface area contributed by atoms with Crippen molar-refractivity contribution in [3.8, 4) is 6.07 Å². The molecule has 0 spiro atoms. The van der Waals surface area contributed by atoms with Gasteiger partial charge in [0.05, 0.1) is 18.1 Å².